The van der Waals surface area contributed by atoms with E-state index in [2.05, 4.69) is 15.2 Å². The van der Waals surface area contributed by atoms with Crippen molar-refractivity contribution in [2.75, 3.05) is 4.90 Å². The summed E-state index contributed by atoms with van der Waals surface area (Å²) >= 11 is 0. The lowest BCUT2D eigenvalue weighted by molar-refractivity contribution is -0.135. The first-order chi connectivity index (χ1) is 15.4. The number of primary sulfonamides is 1. The highest BCUT2D eigenvalue weighted by atomic mass is 32.2. The van der Waals surface area contributed by atoms with Gasteiger partial charge in [0.25, 0.3) is 5.91 Å². The summed E-state index contributed by atoms with van der Waals surface area (Å²) in [5.41, 5.74) is -1.36. The predicted molar refractivity (Wildman–Crippen MR) is 117 cm³/mol. The third-order valence-electron chi connectivity index (χ3n) is 6.19. The van der Waals surface area contributed by atoms with Crippen LogP contribution in [0, 0.1) is 11.6 Å². The number of sulfonamides is 1. The molecule has 4 rings (SSSR count). The summed E-state index contributed by atoms with van der Waals surface area (Å²) in [6, 6.07) is 6.21. The quantitative estimate of drug-likeness (QED) is 0.657. The number of nitrogens with two attached hydrogens (primary N) is 1. The Morgan fingerprint density at radius 1 is 1.18 bits per heavy atom. The highest BCUT2D eigenvalue weighted by Crippen LogP contribution is 2.39. The minimum Gasteiger partial charge on any atom is -0.475 e. The summed E-state index contributed by atoms with van der Waals surface area (Å²) in [6.07, 6.45) is 4.47. The molecule has 178 valence electrons. The molecule has 1 amide bonds. The molecule has 3 heterocycles. The maximum atomic E-state index is 14.0. The van der Waals surface area contributed by atoms with Crippen molar-refractivity contribution in [2.24, 2.45) is 5.14 Å². The number of halogens is 2. The first-order valence-electron chi connectivity index (χ1n) is 10.7. The molecule has 2 aliphatic rings. The van der Waals surface area contributed by atoms with E-state index < -0.39 is 27.3 Å². The lowest BCUT2D eigenvalue weighted by Gasteiger charge is -2.40. The van der Waals surface area contributed by atoms with E-state index in [-0.39, 0.29) is 34.7 Å². The van der Waals surface area contributed by atoms with E-state index in [4.69, 9.17) is 9.88 Å². The first-order valence-corrected chi connectivity index (χ1v) is 12.2. The summed E-state index contributed by atoms with van der Waals surface area (Å²) in [5, 5.41) is 8.15. The van der Waals surface area contributed by atoms with Gasteiger partial charge in [-0.1, -0.05) is 0 Å². The molecule has 0 aliphatic carbocycles. The Morgan fingerprint density at radius 3 is 2.39 bits per heavy atom. The van der Waals surface area contributed by atoms with Crippen molar-refractivity contribution in [1.29, 1.82) is 0 Å². The second-order valence-electron chi connectivity index (χ2n) is 9.02. The van der Waals surface area contributed by atoms with E-state index in [1.165, 1.54) is 26.1 Å². The molecule has 11 heteroatoms. The van der Waals surface area contributed by atoms with Crippen molar-refractivity contribution >= 4 is 21.7 Å². The van der Waals surface area contributed by atoms with E-state index in [1.54, 1.807) is 6.07 Å². The Hall–Kier alpha value is -2.79. The molecule has 2 fully saturated rings. The largest absolute Gasteiger partial charge is 0.475 e. The topological polar surface area (TPSA) is 115 Å². The Bertz CT molecular complexity index is 1140. The molecule has 0 radical (unpaired) electrons. The number of nitrogens with zero attached hydrogens (tertiary/aromatic N) is 2. The molecule has 3 atom stereocenters. The second kappa shape index (κ2) is 8.53. The normalized spacial score (nSPS) is 22.8. The van der Waals surface area contributed by atoms with Crippen LogP contribution in [0.25, 0.3) is 0 Å². The number of ether oxygens (including phenoxy) is 1. The second-order valence-corrected chi connectivity index (χ2v) is 10.6. The Balaban J connectivity index is 1.41. The highest BCUT2D eigenvalue weighted by molar-refractivity contribution is 7.89. The van der Waals surface area contributed by atoms with Crippen LogP contribution in [0.3, 0.4) is 0 Å². The molecule has 0 saturated carbocycles. The molecule has 2 aromatic rings. The van der Waals surface area contributed by atoms with Crippen molar-refractivity contribution in [1.82, 2.24) is 10.3 Å². The fourth-order valence-corrected chi connectivity index (χ4v) is 5.06. The van der Waals surface area contributed by atoms with Crippen LogP contribution in [0.4, 0.5) is 14.6 Å². The Kier molecular flexibility index (Phi) is 6.04. The van der Waals surface area contributed by atoms with Crippen LogP contribution in [-0.4, -0.2) is 43.0 Å². The zero-order valence-electron chi connectivity index (χ0n) is 18.3. The average molecular weight is 481 g/mol. The molecule has 1 aromatic carbocycles. The van der Waals surface area contributed by atoms with E-state index >= 15 is 0 Å². The van der Waals surface area contributed by atoms with Gasteiger partial charge in [-0.25, -0.2) is 27.3 Å². The summed E-state index contributed by atoms with van der Waals surface area (Å²) < 4.78 is 55.6. The van der Waals surface area contributed by atoms with Gasteiger partial charge < -0.3 is 15.0 Å². The summed E-state index contributed by atoms with van der Waals surface area (Å²) in [4.78, 5) is 19.3. The van der Waals surface area contributed by atoms with Gasteiger partial charge in [0, 0.05) is 30.4 Å². The van der Waals surface area contributed by atoms with Crippen LogP contribution in [0.1, 0.15) is 39.5 Å². The number of hydrogen-bond acceptors (Lipinski definition) is 6. The number of fused-ring (bicyclic) bond motifs is 2. The maximum absolute atomic E-state index is 14.0. The zero-order chi connectivity index (χ0) is 24.0. The molecule has 33 heavy (non-hydrogen) atoms. The molecule has 2 aliphatic heterocycles. The van der Waals surface area contributed by atoms with Gasteiger partial charge in [0.05, 0.1) is 0 Å². The molecule has 8 nitrogen and oxygen atoms in total. The van der Waals surface area contributed by atoms with Crippen molar-refractivity contribution < 1.29 is 26.7 Å². The monoisotopic (exact) mass is 480 g/mol. The SMILES string of the molecule is CC(C)(Oc1ccc(F)cc1F)C(=O)NC1C[C@H]2CC[C@@H](C1)N2c1ccc(S(N)(=O)=O)cn1. The summed E-state index contributed by atoms with van der Waals surface area (Å²) in [5.74, 6) is -1.50. The first kappa shape index (κ1) is 23.4. The number of aromatic nitrogens is 1. The van der Waals surface area contributed by atoms with Crippen LogP contribution in [0.5, 0.6) is 5.75 Å². The third kappa shape index (κ3) is 4.93. The molecule has 3 N–H and O–H groups in total. The maximum Gasteiger partial charge on any atom is 0.263 e. The van der Waals surface area contributed by atoms with Crippen molar-refractivity contribution in [2.45, 2.75) is 68.2 Å². The number of rotatable bonds is 6. The van der Waals surface area contributed by atoms with Crippen LogP contribution in [0.15, 0.2) is 41.4 Å². The fraction of sp³-hybridized carbons (Fsp3) is 0.455. The van der Waals surface area contributed by atoms with E-state index in [0.717, 1.165) is 25.0 Å². The summed E-state index contributed by atoms with van der Waals surface area (Å²) in [7, 11) is -3.81. The van der Waals surface area contributed by atoms with Crippen molar-refractivity contribution in [3.8, 4) is 5.75 Å². The highest BCUT2D eigenvalue weighted by Gasteiger charge is 2.43. The Morgan fingerprint density at radius 2 is 1.85 bits per heavy atom. The lowest BCUT2D eigenvalue weighted by atomic mass is 9.96. The number of pyridine rings is 1. The Labute approximate surface area is 191 Å². The minimum atomic E-state index is -3.81. The molecular weight excluding hydrogens is 454 g/mol. The minimum absolute atomic E-state index is 0.0411. The van der Waals surface area contributed by atoms with Gasteiger partial charge in [-0.3, -0.25) is 4.79 Å². The molecule has 0 spiro atoms. The summed E-state index contributed by atoms with van der Waals surface area (Å²) in [6.45, 7) is 3.07. The van der Waals surface area contributed by atoms with Crippen molar-refractivity contribution in [3.63, 3.8) is 0 Å². The molecular formula is C22H26F2N4O4S. The third-order valence-corrected chi connectivity index (χ3v) is 7.09. The number of nitrogens with one attached hydrogen (secondary N) is 1. The van der Waals surface area contributed by atoms with E-state index in [0.29, 0.717) is 24.7 Å². The number of amides is 1. The van der Waals surface area contributed by atoms with E-state index in [1.807, 2.05) is 0 Å². The van der Waals surface area contributed by atoms with Crippen LogP contribution in [-0.2, 0) is 14.8 Å². The van der Waals surface area contributed by atoms with Gasteiger partial charge in [0.2, 0.25) is 10.0 Å². The molecule has 2 bridgehead atoms. The van der Waals surface area contributed by atoms with Gasteiger partial charge in [-0.2, -0.15) is 0 Å². The van der Waals surface area contributed by atoms with Crippen LogP contribution >= 0.6 is 0 Å². The number of carbonyl (C=O) groups is 1. The van der Waals surface area contributed by atoms with Gasteiger partial charge in [-0.05, 0) is 63.8 Å². The van der Waals surface area contributed by atoms with Crippen LogP contribution < -0.4 is 20.1 Å². The number of carbonyl (C=O) groups excluding carboxylic acids is 1. The fourth-order valence-electron chi connectivity index (χ4n) is 4.60. The van der Waals surface area contributed by atoms with Gasteiger partial charge in [0.15, 0.2) is 17.2 Å². The number of piperidine rings is 1. The van der Waals surface area contributed by atoms with Gasteiger partial charge in [-0.15, -0.1) is 0 Å². The zero-order valence-corrected chi connectivity index (χ0v) is 19.1. The number of anilines is 1. The molecule has 1 unspecified atom stereocenters. The standard InChI is InChI=1S/C22H26F2N4O4S/c1-22(2,32-19-7-3-13(23)9-18(19)24)21(29)27-14-10-15-4-5-16(11-14)28(15)20-8-6-17(12-26-20)33(25,30)31/h3,6-9,12,14-16H,4-5,10-11H2,1-2H3,(H,27,29)(H2,25,30,31)/t14?,15-,16+. The smallest absolute Gasteiger partial charge is 0.263 e. The lowest BCUT2D eigenvalue weighted by Crippen LogP contribution is -2.55. The van der Waals surface area contributed by atoms with E-state index in [9.17, 15) is 22.0 Å². The molecule has 1 aromatic heterocycles. The van der Waals surface area contributed by atoms with Gasteiger partial charge >= 0.3 is 0 Å². The predicted octanol–water partition coefficient (Wildman–Crippen LogP) is 2.48. The molecule has 2 saturated heterocycles. The van der Waals surface area contributed by atoms with Crippen LogP contribution in [0.2, 0.25) is 0 Å². The van der Waals surface area contributed by atoms with Gasteiger partial charge in [0.1, 0.15) is 16.5 Å². The number of hydrogen-bond donors (Lipinski definition) is 2. The number of benzene rings is 1. The average Bonchev–Trinajstić information content (AvgIpc) is 3.00. The van der Waals surface area contributed by atoms with Crippen molar-refractivity contribution in [3.05, 3.63) is 48.2 Å².